The lowest BCUT2D eigenvalue weighted by atomic mass is 9.93. The first-order valence-corrected chi connectivity index (χ1v) is 6.60. The summed E-state index contributed by atoms with van der Waals surface area (Å²) >= 11 is 0. The Hall–Kier alpha value is -1.53. The molecule has 2 aliphatic carbocycles. The van der Waals surface area contributed by atoms with E-state index < -0.39 is 0 Å². The maximum atomic E-state index is 11.8. The predicted molar refractivity (Wildman–Crippen MR) is 76.2 cm³/mol. The number of hydrogen-bond donors (Lipinski definition) is 1. The number of carbonyl (C=O) groups is 1. The van der Waals surface area contributed by atoms with E-state index in [1.165, 1.54) is 19.3 Å². The van der Waals surface area contributed by atoms with Crippen LogP contribution in [0.4, 0.5) is 0 Å². The summed E-state index contributed by atoms with van der Waals surface area (Å²) in [7, 11) is 0. The smallest absolute Gasteiger partial charge is 0.270 e. The van der Waals surface area contributed by atoms with Crippen LogP contribution >= 0.6 is 12.4 Å². The van der Waals surface area contributed by atoms with E-state index in [0.29, 0.717) is 17.7 Å². The second kappa shape index (κ2) is 6.08. The summed E-state index contributed by atoms with van der Waals surface area (Å²) in [6.45, 7) is 0. The molecule has 2 saturated carbocycles. The molecule has 100 valence electrons. The Kier molecular flexibility index (Phi) is 4.44. The van der Waals surface area contributed by atoms with Gasteiger partial charge in [-0.3, -0.25) is 4.79 Å². The lowest BCUT2D eigenvalue weighted by Gasteiger charge is -2.26. The molecule has 1 N–H and O–H groups in total. The van der Waals surface area contributed by atoms with Crippen LogP contribution in [0.3, 0.4) is 0 Å². The van der Waals surface area contributed by atoms with Crippen molar-refractivity contribution in [3.05, 3.63) is 29.6 Å². The van der Waals surface area contributed by atoms with E-state index in [4.69, 9.17) is 0 Å². The molecule has 0 aromatic carbocycles. The number of pyridine rings is 1. The van der Waals surface area contributed by atoms with Gasteiger partial charge in [-0.15, -0.1) is 12.4 Å². The van der Waals surface area contributed by atoms with Gasteiger partial charge in [0.05, 0.1) is 0 Å². The fourth-order valence-electron chi connectivity index (χ4n) is 1.83. The van der Waals surface area contributed by atoms with Gasteiger partial charge in [0, 0.05) is 23.7 Å². The third-order valence-corrected chi connectivity index (χ3v) is 3.43. The van der Waals surface area contributed by atoms with E-state index >= 15 is 0 Å². The molecule has 0 radical (unpaired) electrons. The maximum Gasteiger partial charge on any atom is 0.270 e. The average Bonchev–Trinajstić information content (AvgIpc) is 3.16. The van der Waals surface area contributed by atoms with Crippen molar-refractivity contribution in [3.63, 3.8) is 0 Å². The highest BCUT2D eigenvalue weighted by atomic mass is 35.5. The quantitative estimate of drug-likeness (QED) is 0.844. The van der Waals surface area contributed by atoms with E-state index in [-0.39, 0.29) is 18.3 Å². The van der Waals surface area contributed by atoms with Gasteiger partial charge in [0.1, 0.15) is 5.69 Å². The van der Waals surface area contributed by atoms with E-state index in [2.05, 4.69) is 22.1 Å². The first-order valence-electron chi connectivity index (χ1n) is 6.60. The van der Waals surface area contributed by atoms with Gasteiger partial charge < -0.3 is 5.32 Å². The lowest BCUT2D eigenvalue weighted by molar-refractivity contribution is 0.0912. The third-order valence-electron chi connectivity index (χ3n) is 3.43. The Morgan fingerprint density at radius 2 is 2.05 bits per heavy atom. The third kappa shape index (κ3) is 3.71. The first-order chi connectivity index (χ1) is 8.81. The van der Waals surface area contributed by atoms with Crippen molar-refractivity contribution in [3.8, 4) is 11.8 Å². The van der Waals surface area contributed by atoms with Gasteiger partial charge >= 0.3 is 0 Å². The molecule has 0 bridgehead atoms. The molecule has 4 heteroatoms. The van der Waals surface area contributed by atoms with Crippen LogP contribution in [0.2, 0.25) is 0 Å². The van der Waals surface area contributed by atoms with Crippen molar-refractivity contribution >= 4 is 18.3 Å². The van der Waals surface area contributed by atoms with E-state index in [0.717, 1.165) is 18.4 Å². The van der Waals surface area contributed by atoms with Crippen LogP contribution in [-0.2, 0) is 0 Å². The topological polar surface area (TPSA) is 42.0 Å². The number of aromatic nitrogens is 1. The van der Waals surface area contributed by atoms with Gasteiger partial charge in [-0.2, -0.15) is 0 Å². The summed E-state index contributed by atoms with van der Waals surface area (Å²) in [5.41, 5.74) is 1.38. The molecule has 1 aromatic rings. The molecule has 3 rings (SSSR count). The molecular formula is C15H17ClN2O. The molecule has 0 atom stereocenters. The Morgan fingerprint density at radius 3 is 2.58 bits per heavy atom. The molecule has 0 spiro atoms. The highest BCUT2D eigenvalue weighted by molar-refractivity contribution is 5.92. The first kappa shape index (κ1) is 13.9. The lowest BCUT2D eigenvalue weighted by Crippen LogP contribution is -2.39. The van der Waals surface area contributed by atoms with Crippen molar-refractivity contribution in [2.24, 2.45) is 5.92 Å². The maximum absolute atomic E-state index is 11.8. The fourth-order valence-corrected chi connectivity index (χ4v) is 1.83. The molecular weight excluding hydrogens is 260 g/mol. The summed E-state index contributed by atoms with van der Waals surface area (Å²) in [5, 5.41) is 2.97. The van der Waals surface area contributed by atoms with Gasteiger partial charge in [-0.05, 0) is 44.2 Å². The van der Waals surface area contributed by atoms with Gasteiger partial charge in [0.25, 0.3) is 5.91 Å². The number of amides is 1. The molecule has 1 amide bonds. The fraction of sp³-hybridized carbons (Fsp3) is 0.467. The van der Waals surface area contributed by atoms with Gasteiger partial charge in [0.15, 0.2) is 0 Å². The number of nitrogens with zero attached hydrogens (tertiary/aromatic N) is 1. The van der Waals surface area contributed by atoms with Gasteiger partial charge in [0.2, 0.25) is 0 Å². The number of hydrogen-bond acceptors (Lipinski definition) is 2. The predicted octanol–water partition coefficient (Wildman–Crippen LogP) is 2.55. The minimum atomic E-state index is -0.0681. The van der Waals surface area contributed by atoms with Crippen molar-refractivity contribution in [2.75, 3.05) is 0 Å². The average molecular weight is 277 g/mol. The standard InChI is InChI=1S/C15H16N2O.ClH/c18-15(17-13-2-1-3-13)14-9-8-12(10-16-14)7-6-11-4-5-11;/h8-11,13H,1-5H2,(H,17,18);1H. The van der Waals surface area contributed by atoms with Crippen molar-refractivity contribution < 1.29 is 4.79 Å². The summed E-state index contributed by atoms with van der Waals surface area (Å²) in [5.74, 6) is 6.79. The molecule has 1 heterocycles. The molecule has 0 saturated heterocycles. The molecule has 3 nitrogen and oxygen atoms in total. The summed E-state index contributed by atoms with van der Waals surface area (Å²) in [6, 6.07) is 3.98. The Labute approximate surface area is 119 Å². The normalized spacial score (nSPS) is 17.5. The molecule has 2 aliphatic rings. The Bertz CT molecular complexity index is 507. The van der Waals surface area contributed by atoms with Crippen LogP contribution in [0.1, 0.15) is 48.2 Å². The van der Waals surface area contributed by atoms with E-state index in [9.17, 15) is 4.79 Å². The minimum Gasteiger partial charge on any atom is -0.348 e. The van der Waals surface area contributed by atoms with Crippen molar-refractivity contribution in [1.82, 2.24) is 10.3 Å². The van der Waals surface area contributed by atoms with E-state index in [1.807, 2.05) is 6.07 Å². The molecule has 1 aromatic heterocycles. The van der Waals surface area contributed by atoms with Crippen LogP contribution in [0.5, 0.6) is 0 Å². The van der Waals surface area contributed by atoms with Crippen LogP contribution < -0.4 is 5.32 Å². The number of nitrogens with one attached hydrogen (secondary N) is 1. The zero-order valence-electron chi connectivity index (χ0n) is 10.7. The second-order valence-corrected chi connectivity index (χ2v) is 5.08. The number of halogens is 1. The number of rotatable bonds is 2. The van der Waals surface area contributed by atoms with Gasteiger partial charge in [-0.25, -0.2) is 4.98 Å². The second-order valence-electron chi connectivity index (χ2n) is 5.08. The van der Waals surface area contributed by atoms with E-state index in [1.54, 1.807) is 12.3 Å². The van der Waals surface area contributed by atoms with Crippen molar-refractivity contribution in [2.45, 2.75) is 38.1 Å². The van der Waals surface area contributed by atoms with Crippen LogP contribution in [0, 0.1) is 17.8 Å². The molecule has 19 heavy (non-hydrogen) atoms. The van der Waals surface area contributed by atoms with Gasteiger partial charge in [-0.1, -0.05) is 11.8 Å². The SMILES string of the molecule is Cl.O=C(NC1CCC1)c1ccc(C#CC2CC2)cn1. The zero-order valence-corrected chi connectivity index (χ0v) is 11.5. The Morgan fingerprint density at radius 1 is 1.26 bits per heavy atom. The molecule has 0 aliphatic heterocycles. The van der Waals surface area contributed by atoms with Crippen molar-refractivity contribution in [1.29, 1.82) is 0 Å². The summed E-state index contributed by atoms with van der Waals surface area (Å²) < 4.78 is 0. The minimum absolute atomic E-state index is 0. The van der Waals surface area contributed by atoms with Crippen LogP contribution in [0.15, 0.2) is 18.3 Å². The largest absolute Gasteiger partial charge is 0.348 e. The Balaban J connectivity index is 0.00000133. The number of carbonyl (C=O) groups excluding carboxylic acids is 1. The summed E-state index contributed by atoms with van der Waals surface area (Å²) in [6.07, 6.45) is 7.54. The highest BCUT2D eigenvalue weighted by Crippen LogP contribution is 2.27. The zero-order chi connectivity index (χ0) is 12.4. The van der Waals surface area contributed by atoms with Crippen LogP contribution in [0.25, 0.3) is 0 Å². The van der Waals surface area contributed by atoms with Crippen LogP contribution in [-0.4, -0.2) is 16.9 Å². The molecule has 0 unspecified atom stereocenters. The highest BCUT2D eigenvalue weighted by Gasteiger charge is 2.20. The molecule has 2 fully saturated rings. The summed E-state index contributed by atoms with van der Waals surface area (Å²) in [4.78, 5) is 16.0. The monoisotopic (exact) mass is 276 g/mol.